The molecule has 1 aliphatic carbocycles. The quantitative estimate of drug-likeness (QED) is 0.433. The minimum Gasteiger partial charge on any atom is -0.481 e. The zero-order valence-electron chi connectivity index (χ0n) is 21.8. The molecule has 208 valence electrons. The monoisotopic (exact) mass is 539 g/mol. The van der Waals surface area contributed by atoms with E-state index in [2.05, 4.69) is 30.3 Å². The highest BCUT2D eigenvalue weighted by atomic mass is 16.5. The van der Waals surface area contributed by atoms with Gasteiger partial charge >= 0.3 is 6.01 Å². The van der Waals surface area contributed by atoms with E-state index in [-0.39, 0.29) is 24.7 Å². The summed E-state index contributed by atoms with van der Waals surface area (Å²) in [5.74, 6) is 1.77. The zero-order chi connectivity index (χ0) is 26.4. The SMILES string of the molecule is O=C(COc1cnc(NC2CCC(Oc3nc(N4CCOCC4)cc4ncnn34)CC2)nc1)N1CCOCC1. The molecular weight excluding hydrogens is 506 g/mol. The van der Waals surface area contributed by atoms with E-state index in [1.165, 1.54) is 6.33 Å². The minimum absolute atomic E-state index is 0.0311. The van der Waals surface area contributed by atoms with Crippen LogP contribution < -0.4 is 19.7 Å². The normalized spacial score (nSPS) is 22.1. The molecule has 0 bridgehead atoms. The number of carbonyl (C=O) groups excluding carboxylic acids is 1. The van der Waals surface area contributed by atoms with Gasteiger partial charge in [0.1, 0.15) is 18.2 Å². The Morgan fingerprint density at radius 3 is 2.44 bits per heavy atom. The van der Waals surface area contributed by atoms with Crippen molar-refractivity contribution in [3.63, 3.8) is 0 Å². The maximum absolute atomic E-state index is 12.2. The molecule has 2 saturated heterocycles. The number of anilines is 2. The van der Waals surface area contributed by atoms with Gasteiger partial charge in [0.15, 0.2) is 18.0 Å². The molecule has 0 aromatic carbocycles. The fraction of sp³-hybridized carbons (Fsp3) is 0.600. The highest BCUT2D eigenvalue weighted by Crippen LogP contribution is 2.27. The van der Waals surface area contributed by atoms with Crippen molar-refractivity contribution in [3.8, 4) is 11.8 Å². The number of morpholine rings is 2. The standard InChI is InChI=1S/C25H33N9O5/c35-23(33-7-11-37-12-8-33)16-38-20-14-26-24(27-15-20)30-18-1-3-19(4-2-18)39-25-31-22(32-5-9-36-10-6-32)13-21-28-17-29-34(21)25/h13-15,17-19H,1-12,16H2,(H,26,27,30). The Morgan fingerprint density at radius 1 is 0.974 bits per heavy atom. The molecule has 6 rings (SSSR count). The predicted molar refractivity (Wildman–Crippen MR) is 139 cm³/mol. The van der Waals surface area contributed by atoms with Gasteiger partial charge in [0.2, 0.25) is 5.95 Å². The number of fused-ring (bicyclic) bond motifs is 1. The number of ether oxygens (including phenoxy) is 4. The molecule has 14 nitrogen and oxygen atoms in total. The molecule has 14 heteroatoms. The predicted octanol–water partition coefficient (Wildman–Crippen LogP) is 0.791. The van der Waals surface area contributed by atoms with E-state index in [9.17, 15) is 4.79 Å². The number of aromatic nitrogens is 6. The molecule has 2 aliphatic heterocycles. The van der Waals surface area contributed by atoms with Crippen LogP contribution in [0.25, 0.3) is 5.65 Å². The third kappa shape index (κ3) is 6.28. The summed E-state index contributed by atoms with van der Waals surface area (Å²) in [4.78, 5) is 34.0. The van der Waals surface area contributed by atoms with E-state index >= 15 is 0 Å². The van der Waals surface area contributed by atoms with Crippen molar-refractivity contribution in [3.05, 3.63) is 24.8 Å². The van der Waals surface area contributed by atoms with E-state index in [0.29, 0.717) is 62.9 Å². The van der Waals surface area contributed by atoms with Crippen LogP contribution in [0.1, 0.15) is 25.7 Å². The van der Waals surface area contributed by atoms with Gasteiger partial charge in [-0.1, -0.05) is 0 Å². The maximum atomic E-state index is 12.2. The number of hydrogen-bond acceptors (Lipinski definition) is 12. The number of rotatable bonds is 8. The van der Waals surface area contributed by atoms with Crippen LogP contribution in [-0.4, -0.2) is 112 Å². The fourth-order valence-electron chi connectivity index (χ4n) is 4.99. The Kier molecular flexibility index (Phi) is 7.81. The van der Waals surface area contributed by atoms with Gasteiger partial charge in [-0.05, 0) is 25.7 Å². The highest BCUT2D eigenvalue weighted by Gasteiger charge is 2.25. The third-order valence-electron chi connectivity index (χ3n) is 7.19. The summed E-state index contributed by atoms with van der Waals surface area (Å²) in [5.41, 5.74) is 0.715. The molecule has 0 atom stereocenters. The molecule has 0 unspecified atom stereocenters. The van der Waals surface area contributed by atoms with Crippen LogP contribution in [-0.2, 0) is 14.3 Å². The van der Waals surface area contributed by atoms with Crippen molar-refractivity contribution < 1.29 is 23.7 Å². The highest BCUT2D eigenvalue weighted by molar-refractivity contribution is 5.77. The maximum Gasteiger partial charge on any atom is 0.321 e. The zero-order valence-corrected chi connectivity index (χ0v) is 21.8. The smallest absolute Gasteiger partial charge is 0.321 e. The minimum atomic E-state index is -0.0629. The van der Waals surface area contributed by atoms with Gasteiger partial charge in [0.05, 0.1) is 38.8 Å². The Bertz CT molecular complexity index is 1240. The molecule has 3 fully saturated rings. The van der Waals surface area contributed by atoms with Gasteiger partial charge in [-0.2, -0.15) is 14.6 Å². The van der Waals surface area contributed by atoms with Gasteiger partial charge in [-0.15, -0.1) is 0 Å². The molecule has 0 spiro atoms. The number of nitrogens with one attached hydrogen (secondary N) is 1. The van der Waals surface area contributed by atoms with Gasteiger partial charge in [-0.25, -0.2) is 15.0 Å². The first kappa shape index (κ1) is 25.5. The van der Waals surface area contributed by atoms with Gasteiger partial charge in [0.25, 0.3) is 5.91 Å². The summed E-state index contributed by atoms with van der Waals surface area (Å²) in [5, 5.41) is 7.71. The van der Waals surface area contributed by atoms with Crippen LogP contribution in [0.15, 0.2) is 24.8 Å². The second kappa shape index (κ2) is 11.9. The van der Waals surface area contributed by atoms with Crippen molar-refractivity contribution in [2.45, 2.75) is 37.8 Å². The molecule has 3 aliphatic rings. The van der Waals surface area contributed by atoms with Crippen molar-refractivity contribution in [2.24, 2.45) is 0 Å². The fourth-order valence-corrected chi connectivity index (χ4v) is 4.99. The van der Waals surface area contributed by atoms with Crippen molar-refractivity contribution >= 4 is 23.3 Å². The average molecular weight is 540 g/mol. The van der Waals surface area contributed by atoms with Crippen LogP contribution in [0.4, 0.5) is 11.8 Å². The number of hydrogen-bond donors (Lipinski definition) is 1. The molecule has 1 N–H and O–H groups in total. The van der Waals surface area contributed by atoms with Gasteiger partial charge in [0, 0.05) is 38.3 Å². The van der Waals surface area contributed by atoms with Crippen molar-refractivity contribution in [1.29, 1.82) is 0 Å². The Labute approximate surface area is 225 Å². The lowest BCUT2D eigenvalue weighted by molar-refractivity contribution is -0.137. The molecule has 3 aromatic heterocycles. The van der Waals surface area contributed by atoms with E-state index in [4.69, 9.17) is 23.9 Å². The summed E-state index contributed by atoms with van der Waals surface area (Å²) in [6.45, 7) is 5.22. The second-order valence-corrected chi connectivity index (χ2v) is 9.79. The Morgan fingerprint density at radius 2 is 1.69 bits per heavy atom. The lowest BCUT2D eigenvalue weighted by atomic mass is 9.93. The summed E-state index contributed by atoms with van der Waals surface area (Å²) >= 11 is 0. The largest absolute Gasteiger partial charge is 0.481 e. The molecule has 5 heterocycles. The van der Waals surface area contributed by atoms with Crippen molar-refractivity contribution in [2.75, 3.05) is 69.4 Å². The summed E-state index contributed by atoms with van der Waals surface area (Å²) < 4.78 is 24.3. The van der Waals surface area contributed by atoms with Crippen LogP contribution in [0.2, 0.25) is 0 Å². The molecule has 3 aromatic rings. The number of carbonyl (C=O) groups is 1. The second-order valence-electron chi connectivity index (χ2n) is 9.79. The van der Waals surface area contributed by atoms with E-state index < -0.39 is 0 Å². The molecule has 1 saturated carbocycles. The topological polar surface area (TPSA) is 141 Å². The lowest BCUT2D eigenvalue weighted by Crippen LogP contribution is -2.43. The van der Waals surface area contributed by atoms with E-state index in [1.54, 1.807) is 21.8 Å². The lowest BCUT2D eigenvalue weighted by Gasteiger charge is -2.30. The third-order valence-corrected chi connectivity index (χ3v) is 7.19. The summed E-state index contributed by atoms with van der Waals surface area (Å²) in [6.07, 6.45) is 8.27. The first-order valence-electron chi connectivity index (χ1n) is 13.5. The first-order valence-corrected chi connectivity index (χ1v) is 13.5. The van der Waals surface area contributed by atoms with Crippen LogP contribution in [0.3, 0.4) is 0 Å². The summed E-state index contributed by atoms with van der Waals surface area (Å²) in [6, 6.07) is 2.64. The average Bonchev–Trinajstić information content (AvgIpc) is 3.48. The number of amides is 1. The number of nitrogens with zero attached hydrogens (tertiary/aromatic N) is 8. The Balaban J connectivity index is 0.987. The van der Waals surface area contributed by atoms with Gasteiger partial charge in [-0.3, -0.25) is 4.79 Å². The van der Waals surface area contributed by atoms with Crippen LogP contribution in [0.5, 0.6) is 11.8 Å². The molecular formula is C25H33N9O5. The Hall–Kier alpha value is -3.78. The van der Waals surface area contributed by atoms with Crippen LogP contribution in [0, 0.1) is 0 Å². The van der Waals surface area contributed by atoms with E-state index in [1.807, 2.05) is 6.07 Å². The molecule has 39 heavy (non-hydrogen) atoms. The van der Waals surface area contributed by atoms with E-state index in [0.717, 1.165) is 44.6 Å². The summed E-state index contributed by atoms with van der Waals surface area (Å²) in [7, 11) is 0. The molecule has 0 radical (unpaired) electrons. The van der Waals surface area contributed by atoms with Gasteiger partial charge < -0.3 is 34.1 Å². The molecule has 1 amide bonds. The first-order chi connectivity index (χ1) is 19.2. The van der Waals surface area contributed by atoms with Crippen molar-refractivity contribution in [1.82, 2.24) is 34.4 Å². The van der Waals surface area contributed by atoms with Crippen LogP contribution >= 0.6 is 0 Å².